The van der Waals surface area contributed by atoms with E-state index >= 15 is 0 Å². The molecule has 2 aromatic rings. The van der Waals surface area contributed by atoms with E-state index in [1.807, 2.05) is 32.9 Å². The molecule has 0 aromatic heterocycles. The van der Waals surface area contributed by atoms with E-state index in [9.17, 15) is 24.3 Å². The molecule has 3 saturated heterocycles. The predicted octanol–water partition coefficient (Wildman–Crippen LogP) is 4.66. The molecule has 0 saturated carbocycles. The number of esters is 1. The van der Waals surface area contributed by atoms with Crippen LogP contribution in [0.5, 0.6) is 0 Å². The number of nitrogens with one attached hydrogen (secondary N) is 1. The van der Waals surface area contributed by atoms with E-state index in [0.717, 1.165) is 0 Å². The highest BCUT2D eigenvalue weighted by Crippen LogP contribution is 2.61. The van der Waals surface area contributed by atoms with Crippen molar-refractivity contribution in [3.05, 3.63) is 97.1 Å². The summed E-state index contributed by atoms with van der Waals surface area (Å²) in [7, 11) is 1.50. The van der Waals surface area contributed by atoms with E-state index in [0.29, 0.717) is 17.5 Å². The number of fused-ring (bicyclic) bond motifs is 1. The summed E-state index contributed by atoms with van der Waals surface area (Å²) in [6, 6.07) is 15.3. The number of allylic oxidation sites excluding steroid dienone is 1. The van der Waals surface area contributed by atoms with Crippen LogP contribution < -0.4 is 5.32 Å². The van der Waals surface area contributed by atoms with Crippen LogP contribution in [0.25, 0.3) is 0 Å². The molecule has 3 aliphatic heterocycles. The van der Waals surface area contributed by atoms with Gasteiger partial charge in [0.25, 0.3) is 0 Å². The Morgan fingerprint density at radius 2 is 1.73 bits per heavy atom. The number of aliphatic hydroxyl groups is 1. The first-order chi connectivity index (χ1) is 24.8. The molecule has 3 aliphatic rings. The quantitative estimate of drug-likeness (QED) is 0.143. The maximum atomic E-state index is 15.0. The average Bonchev–Trinajstić information content (AvgIpc) is 3.72. The summed E-state index contributed by atoms with van der Waals surface area (Å²) in [6.07, 6.45) is 2.46. The Labute approximate surface area is 314 Å². The third-order valence-electron chi connectivity index (χ3n) is 10.3. The van der Waals surface area contributed by atoms with Crippen molar-refractivity contribution in [2.24, 2.45) is 11.8 Å². The summed E-state index contributed by atoms with van der Waals surface area (Å²) >= 11 is 3.74. The minimum Gasteiger partial charge on any atom is -0.455 e. The molecule has 0 radical (unpaired) electrons. The maximum absolute atomic E-state index is 15.0. The number of carbonyl (C=O) groups excluding carboxylic acids is 4. The highest BCUT2D eigenvalue weighted by Gasteiger charge is 2.78. The second kappa shape index (κ2) is 16.4. The number of benzene rings is 2. The fourth-order valence-corrected chi connectivity index (χ4v) is 9.02. The standard InChI is InChI=1S/C40H50BrN3O8/c1-7-9-20-30(46)42-28(24-50-6)33(26-18-14-11-15-19-26)51-38(49)31-32-36(47)44(29(23-45)25-16-12-10-13-17-25)35(40(32)22-27(41)34(31)52-40)37(48)43(21-8-2)39(3,4)5/h7-8,10-19,27-29,31-35,45H,1-2,9,20-24H2,3-6H3,(H,42,46)/t27?,28-,29+,31-,32+,33-,34-,35-,40+/m0/s1. The van der Waals surface area contributed by atoms with Gasteiger partial charge in [-0.25, -0.2) is 0 Å². The molecule has 11 nitrogen and oxygen atoms in total. The highest BCUT2D eigenvalue weighted by atomic mass is 79.9. The molecule has 1 spiro atoms. The number of nitrogens with zero attached hydrogens (tertiary/aromatic N) is 2. The van der Waals surface area contributed by atoms with E-state index < -0.39 is 71.8 Å². The minimum absolute atomic E-state index is 0.0379. The van der Waals surface area contributed by atoms with Crippen LogP contribution in [0.3, 0.4) is 0 Å². The largest absolute Gasteiger partial charge is 0.455 e. The lowest BCUT2D eigenvalue weighted by Crippen LogP contribution is -2.60. The number of methoxy groups -OCH3 is 1. The lowest BCUT2D eigenvalue weighted by molar-refractivity contribution is -0.163. The fraction of sp³-hybridized carbons (Fsp3) is 0.500. The Hall–Kier alpha value is -3.84. The number of halogens is 1. The summed E-state index contributed by atoms with van der Waals surface area (Å²) in [5.74, 6) is -3.98. The van der Waals surface area contributed by atoms with Crippen LogP contribution >= 0.6 is 15.9 Å². The summed E-state index contributed by atoms with van der Waals surface area (Å²) in [5, 5.41) is 13.8. The molecule has 12 heteroatoms. The van der Waals surface area contributed by atoms with Crippen molar-refractivity contribution in [3.63, 3.8) is 0 Å². The van der Waals surface area contributed by atoms with Gasteiger partial charge in [0, 0.05) is 30.4 Å². The first-order valence-corrected chi connectivity index (χ1v) is 18.6. The van der Waals surface area contributed by atoms with Gasteiger partial charge in [-0.05, 0) is 44.7 Å². The zero-order valence-corrected chi connectivity index (χ0v) is 31.9. The van der Waals surface area contributed by atoms with Crippen LogP contribution in [0.4, 0.5) is 0 Å². The van der Waals surface area contributed by atoms with Crippen LogP contribution in [0, 0.1) is 11.8 Å². The van der Waals surface area contributed by atoms with Gasteiger partial charge in [0.15, 0.2) is 0 Å². The van der Waals surface area contributed by atoms with Crippen molar-refractivity contribution >= 4 is 39.6 Å². The van der Waals surface area contributed by atoms with Gasteiger partial charge in [-0.3, -0.25) is 19.2 Å². The van der Waals surface area contributed by atoms with E-state index in [4.69, 9.17) is 14.2 Å². The zero-order chi connectivity index (χ0) is 37.8. The van der Waals surface area contributed by atoms with Gasteiger partial charge in [-0.2, -0.15) is 0 Å². The molecule has 280 valence electrons. The summed E-state index contributed by atoms with van der Waals surface area (Å²) in [4.78, 5) is 60.2. The van der Waals surface area contributed by atoms with Crippen molar-refractivity contribution in [3.8, 4) is 0 Å². The lowest BCUT2D eigenvalue weighted by atomic mass is 9.70. The number of amides is 3. The van der Waals surface area contributed by atoms with Gasteiger partial charge in [0.2, 0.25) is 17.7 Å². The molecular formula is C40H50BrN3O8. The van der Waals surface area contributed by atoms with Crippen LogP contribution in [0.15, 0.2) is 86.0 Å². The molecule has 3 amide bonds. The molecule has 3 fully saturated rings. The van der Waals surface area contributed by atoms with Gasteiger partial charge in [-0.1, -0.05) is 88.7 Å². The first kappa shape index (κ1) is 39.4. The Balaban J connectivity index is 1.58. The van der Waals surface area contributed by atoms with Crippen LogP contribution in [-0.2, 0) is 33.4 Å². The Kier molecular flexibility index (Phi) is 12.5. The molecular weight excluding hydrogens is 730 g/mol. The highest BCUT2D eigenvalue weighted by molar-refractivity contribution is 9.09. The number of rotatable bonds is 16. The summed E-state index contributed by atoms with van der Waals surface area (Å²) in [5.41, 5.74) is -0.801. The van der Waals surface area contributed by atoms with Crippen molar-refractivity contribution < 1.29 is 38.5 Å². The summed E-state index contributed by atoms with van der Waals surface area (Å²) in [6.45, 7) is 13.1. The Morgan fingerprint density at radius 3 is 2.29 bits per heavy atom. The van der Waals surface area contributed by atoms with Gasteiger partial charge in [0.05, 0.1) is 43.2 Å². The van der Waals surface area contributed by atoms with E-state index in [1.54, 1.807) is 65.6 Å². The zero-order valence-electron chi connectivity index (χ0n) is 30.3. The number of hydrogen-bond acceptors (Lipinski definition) is 8. The minimum atomic E-state index is -1.41. The Morgan fingerprint density at radius 1 is 1.10 bits per heavy atom. The number of alkyl halides is 1. The molecule has 5 rings (SSSR count). The number of carbonyl (C=O) groups is 4. The fourth-order valence-electron chi connectivity index (χ4n) is 8.08. The van der Waals surface area contributed by atoms with Crippen LogP contribution in [0.1, 0.15) is 63.3 Å². The molecule has 0 aliphatic carbocycles. The molecule has 2 N–H and O–H groups in total. The van der Waals surface area contributed by atoms with E-state index in [1.165, 1.54) is 12.0 Å². The third kappa shape index (κ3) is 7.48. The molecule has 2 bridgehead atoms. The molecule has 2 aromatic carbocycles. The Bertz CT molecular complexity index is 1620. The van der Waals surface area contributed by atoms with E-state index in [2.05, 4.69) is 34.4 Å². The van der Waals surface area contributed by atoms with Crippen molar-refractivity contribution in [1.29, 1.82) is 0 Å². The normalized spacial score (nSPS) is 26.6. The molecule has 52 heavy (non-hydrogen) atoms. The number of likely N-dealkylation sites (tertiary alicyclic amines) is 1. The van der Waals surface area contributed by atoms with Gasteiger partial charge < -0.3 is 34.4 Å². The molecule has 1 unspecified atom stereocenters. The number of aliphatic hydroxyl groups excluding tert-OH is 1. The maximum Gasteiger partial charge on any atom is 0.313 e. The summed E-state index contributed by atoms with van der Waals surface area (Å²) < 4.78 is 18.6. The third-order valence-corrected chi connectivity index (χ3v) is 11.2. The van der Waals surface area contributed by atoms with Gasteiger partial charge in [0.1, 0.15) is 17.7 Å². The smallest absolute Gasteiger partial charge is 0.313 e. The SMILES string of the molecule is C=CCCC(=O)N[C@@H](COC)[C@@H](OC(=O)[C@@H]1[C@H]2O[C@@]3(CC2Br)[C@H](C(=O)N(CC=C)C(C)(C)C)N([C@H](CO)c2ccccc2)C(=O)[C@@H]13)c1ccccc1. The van der Waals surface area contributed by atoms with Crippen molar-refractivity contribution in [1.82, 2.24) is 15.1 Å². The van der Waals surface area contributed by atoms with E-state index in [-0.39, 0.29) is 42.6 Å². The first-order valence-electron chi connectivity index (χ1n) is 17.7. The topological polar surface area (TPSA) is 135 Å². The molecule has 3 heterocycles. The van der Waals surface area contributed by atoms with Crippen molar-refractivity contribution in [2.75, 3.05) is 26.9 Å². The van der Waals surface area contributed by atoms with Crippen molar-refractivity contribution in [2.45, 2.75) is 86.3 Å². The predicted molar refractivity (Wildman–Crippen MR) is 199 cm³/mol. The molecule has 9 atom stereocenters. The lowest BCUT2D eigenvalue weighted by Gasteiger charge is -2.43. The van der Waals surface area contributed by atoms with Gasteiger partial charge in [-0.15, -0.1) is 13.2 Å². The monoisotopic (exact) mass is 779 g/mol. The van der Waals surface area contributed by atoms with Crippen LogP contribution in [0.2, 0.25) is 0 Å². The second-order valence-corrected chi connectivity index (χ2v) is 15.8. The van der Waals surface area contributed by atoms with Gasteiger partial charge >= 0.3 is 5.97 Å². The second-order valence-electron chi connectivity index (χ2n) is 14.7. The average molecular weight is 781 g/mol. The number of ether oxygens (including phenoxy) is 3. The van der Waals surface area contributed by atoms with Crippen LogP contribution in [-0.4, -0.2) is 99.6 Å². The number of hydrogen-bond donors (Lipinski definition) is 2.